The number of rotatable bonds is 8. The van der Waals surface area contributed by atoms with Crippen molar-refractivity contribution < 1.29 is 19.2 Å². The van der Waals surface area contributed by atoms with Gasteiger partial charge in [0.1, 0.15) is 0 Å². The molecule has 0 unspecified atom stereocenters. The molecule has 0 saturated heterocycles. The maximum atomic E-state index is 12.2. The van der Waals surface area contributed by atoms with Crippen molar-refractivity contribution in [2.75, 3.05) is 12.8 Å². The first-order valence-electron chi connectivity index (χ1n) is 8.27. The van der Waals surface area contributed by atoms with E-state index in [0.29, 0.717) is 17.9 Å². The molecule has 0 spiro atoms. The zero-order chi connectivity index (χ0) is 19.8. The van der Waals surface area contributed by atoms with E-state index >= 15 is 0 Å². The lowest BCUT2D eigenvalue weighted by Crippen LogP contribution is -2.36. The van der Waals surface area contributed by atoms with E-state index in [0.717, 1.165) is 11.6 Å². The lowest BCUT2D eigenvalue weighted by atomic mass is 10.1. The van der Waals surface area contributed by atoms with Gasteiger partial charge in [-0.3, -0.25) is 14.9 Å². The highest BCUT2D eigenvalue weighted by Gasteiger charge is 2.22. The number of thioether (sulfide) groups is 1. The Morgan fingerprint density at radius 2 is 1.93 bits per heavy atom. The first kappa shape index (κ1) is 20.4. The molecule has 142 valence electrons. The number of ether oxygens (including phenoxy) is 1. The summed E-state index contributed by atoms with van der Waals surface area (Å²) in [4.78, 5) is 35.3. The van der Waals surface area contributed by atoms with Gasteiger partial charge in [0.15, 0.2) is 6.10 Å². The molecule has 0 aliphatic rings. The maximum Gasteiger partial charge on any atom is 0.339 e. The van der Waals surface area contributed by atoms with Crippen molar-refractivity contribution in [1.82, 2.24) is 5.32 Å². The van der Waals surface area contributed by atoms with Gasteiger partial charge < -0.3 is 10.1 Å². The summed E-state index contributed by atoms with van der Waals surface area (Å²) in [5, 5.41) is 13.8. The third kappa shape index (κ3) is 5.82. The summed E-state index contributed by atoms with van der Waals surface area (Å²) in [6.07, 6.45) is 1.37. The van der Waals surface area contributed by atoms with Crippen molar-refractivity contribution in [1.29, 1.82) is 0 Å². The smallest absolute Gasteiger partial charge is 0.339 e. The minimum Gasteiger partial charge on any atom is -0.449 e. The Hall–Kier alpha value is -2.87. The lowest BCUT2D eigenvalue weighted by Gasteiger charge is -2.13. The Kier molecular flexibility index (Phi) is 7.36. The molecule has 7 nitrogen and oxygen atoms in total. The van der Waals surface area contributed by atoms with Gasteiger partial charge in [0.05, 0.1) is 15.4 Å². The molecule has 8 heteroatoms. The van der Waals surface area contributed by atoms with E-state index < -0.39 is 22.9 Å². The van der Waals surface area contributed by atoms with E-state index in [2.05, 4.69) is 5.32 Å². The highest BCUT2D eigenvalue weighted by molar-refractivity contribution is 7.98. The van der Waals surface area contributed by atoms with E-state index in [1.54, 1.807) is 6.26 Å². The second-order valence-electron chi connectivity index (χ2n) is 5.72. The van der Waals surface area contributed by atoms with Crippen LogP contribution in [0.4, 0.5) is 5.69 Å². The first-order valence-corrected chi connectivity index (χ1v) is 9.50. The zero-order valence-electron chi connectivity index (χ0n) is 15.0. The molecular formula is C19H20N2O5S. The number of carbonyl (C=O) groups is 2. The molecule has 2 aromatic carbocycles. The van der Waals surface area contributed by atoms with Crippen molar-refractivity contribution in [3.8, 4) is 0 Å². The Bertz CT molecular complexity index is 826. The van der Waals surface area contributed by atoms with Crippen molar-refractivity contribution in [3.63, 3.8) is 0 Å². The van der Waals surface area contributed by atoms with Crippen LogP contribution in [0.1, 0.15) is 22.8 Å². The topological polar surface area (TPSA) is 98.5 Å². The van der Waals surface area contributed by atoms with Crippen molar-refractivity contribution in [2.24, 2.45) is 0 Å². The fraction of sp³-hybridized carbons (Fsp3) is 0.263. The highest BCUT2D eigenvalue weighted by Crippen LogP contribution is 2.28. The summed E-state index contributed by atoms with van der Waals surface area (Å²) < 4.78 is 5.13. The molecule has 0 aromatic heterocycles. The second-order valence-corrected chi connectivity index (χ2v) is 6.57. The molecule has 0 aliphatic heterocycles. The Labute approximate surface area is 161 Å². The minimum atomic E-state index is -1.01. The van der Waals surface area contributed by atoms with Crippen LogP contribution >= 0.6 is 11.8 Å². The number of nitro benzene ring substituents is 1. The number of esters is 1. The van der Waals surface area contributed by atoms with Crippen LogP contribution in [0.3, 0.4) is 0 Å². The van der Waals surface area contributed by atoms with Gasteiger partial charge in [-0.05, 0) is 37.3 Å². The van der Waals surface area contributed by atoms with Crippen molar-refractivity contribution >= 4 is 29.3 Å². The highest BCUT2D eigenvalue weighted by atomic mass is 32.2. The van der Waals surface area contributed by atoms with Crippen LogP contribution in [0, 0.1) is 10.1 Å². The number of nitro groups is 1. The molecule has 0 radical (unpaired) electrons. The number of nitrogens with zero attached hydrogens (tertiary/aromatic N) is 1. The molecule has 27 heavy (non-hydrogen) atoms. The predicted molar refractivity (Wildman–Crippen MR) is 103 cm³/mol. The Morgan fingerprint density at radius 3 is 2.56 bits per heavy atom. The summed E-state index contributed by atoms with van der Waals surface area (Å²) in [6, 6.07) is 13.8. The molecule has 2 aromatic rings. The minimum absolute atomic E-state index is 0.0310. The molecule has 0 saturated carbocycles. The van der Waals surface area contributed by atoms with Crippen LogP contribution in [-0.4, -0.2) is 35.7 Å². The molecule has 1 amide bonds. The van der Waals surface area contributed by atoms with Gasteiger partial charge >= 0.3 is 5.97 Å². The normalized spacial score (nSPS) is 11.5. The standard InChI is InChI=1S/C19H20N2O5S/c1-13(18(22)20-11-10-14-6-4-3-5-7-14)26-19(23)15-8-9-17(27-2)16(12-15)21(24)25/h3-9,12-13H,10-11H2,1-2H3,(H,20,22)/t13-/m0/s1. The third-order valence-corrected chi connectivity index (χ3v) is 4.61. The average Bonchev–Trinajstić information content (AvgIpc) is 2.67. The van der Waals surface area contributed by atoms with Crippen LogP contribution < -0.4 is 5.32 Å². The number of nitrogens with one attached hydrogen (secondary N) is 1. The quantitative estimate of drug-likeness (QED) is 0.323. The van der Waals surface area contributed by atoms with Crippen molar-refractivity contribution in [2.45, 2.75) is 24.3 Å². The maximum absolute atomic E-state index is 12.2. The largest absolute Gasteiger partial charge is 0.449 e. The van der Waals surface area contributed by atoms with Gasteiger partial charge in [-0.25, -0.2) is 4.79 Å². The van der Waals surface area contributed by atoms with Crippen molar-refractivity contribution in [3.05, 3.63) is 69.8 Å². The SMILES string of the molecule is CSc1ccc(C(=O)O[C@@H](C)C(=O)NCCc2ccccc2)cc1[N+](=O)[O-]. The number of hydrogen-bond acceptors (Lipinski definition) is 6. The second kappa shape index (κ2) is 9.72. The van der Waals surface area contributed by atoms with Crippen LogP contribution in [0.25, 0.3) is 0 Å². The van der Waals surface area contributed by atoms with Gasteiger partial charge in [0.25, 0.3) is 11.6 Å². The van der Waals surface area contributed by atoms with Crippen LogP contribution in [0.2, 0.25) is 0 Å². The third-order valence-electron chi connectivity index (χ3n) is 3.82. The first-order chi connectivity index (χ1) is 12.9. The summed E-state index contributed by atoms with van der Waals surface area (Å²) in [5.74, 6) is -1.20. The van der Waals surface area contributed by atoms with Crippen LogP contribution in [0.15, 0.2) is 53.4 Å². The fourth-order valence-electron chi connectivity index (χ4n) is 2.36. The zero-order valence-corrected chi connectivity index (χ0v) is 15.8. The van der Waals surface area contributed by atoms with Crippen LogP contribution in [-0.2, 0) is 16.0 Å². The van der Waals surface area contributed by atoms with Gasteiger partial charge in [-0.15, -0.1) is 11.8 Å². The Morgan fingerprint density at radius 1 is 1.22 bits per heavy atom. The summed E-state index contributed by atoms with van der Waals surface area (Å²) >= 11 is 1.21. The monoisotopic (exact) mass is 388 g/mol. The summed E-state index contributed by atoms with van der Waals surface area (Å²) in [7, 11) is 0. The molecular weight excluding hydrogens is 368 g/mol. The van der Waals surface area contributed by atoms with Gasteiger partial charge in [-0.2, -0.15) is 0 Å². The average molecular weight is 388 g/mol. The Balaban J connectivity index is 1.91. The van der Waals surface area contributed by atoms with Gasteiger partial charge in [-0.1, -0.05) is 30.3 Å². The summed E-state index contributed by atoms with van der Waals surface area (Å²) in [5.41, 5.74) is 0.948. The molecule has 0 aliphatic carbocycles. The number of carbonyl (C=O) groups excluding carboxylic acids is 2. The van der Waals surface area contributed by atoms with E-state index in [9.17, 15) is 19.7 Å². The van der Waals surface area contributed by atoms with E-state index in [1.807, 2.05) is 30.3 Å². The van der Waals surface area contributed by atoms with Gasteiger partial charge in [0.2, 0.25) is 0 Å². The van der Waals surface area contributed by atoms with E-state index in [4.69, 9.17) is 4.74 Å². The number of benzene rings is 2. The van der Waals surface area contributed by atoms with E-state index in [-0.39, 0.29) is 11.3 Å². The molecule has 1 N–H and O–H groups in total. The van der Waals surface area contributed by atoms with Gasteiger partial charge in [0, 0.05) is 12.6 Å². The molecule has 1 atom stereocenters. The molecule has 2 rings (SSSR count). The number of amides is 1. The molecule has 0 bridgehead atoms. The fourth-order valence-corrected chi connectivity index (χ4v) is 2.91. The summed E-state index contributed by atoms with van der Waals surface area (Å²) in [6.45, 7) is 1.87. The predicted octanol–water partition coefficient (Wildman–Crippen LogP) is 3.22. The van der Waals surface area contributed by atoms with Crippen LogP contribution in [0.5, 0.6) is 0 Å². The number of hydrogen-bond donors (Lipinski definition) is 1. The molecule has 0 fully saturated rings. The van der Waals surface area contributed by atoms with E-state index in [1.165, 1.54) is 30.8 Å². The molecule has 0 heterocycles. The lowest BCUT2D eigenvalue weighted by molar-refractivity contribution is -0.387.